The number of halogens is 1. The van der Waals surface area contributed by atoms with E-state index in [1.165, 1.54) is 12.1 Å². The molecule has 1 rings (SSSR count). The maximum Gasteiger partial charge on any atom is 0.315 e. The number of hydrogen-bond donors (Lipinski definition) is 2. The Hall–Kier alpha value is -1.42. The highest BCUT2D eigenvalue weighted by atomic mass is 19.1. The molecule has 1 aromatic carbocycles. The maximum atomic E-state index is 13.1. The second-order valence-corrected chi connectivity index (χ2v) is 5.72. The minimum atomic E-state index is -1.12. The Balaban J connectivity index is 3.08. The quantitative estimate of drug-likeness (QED) is 0.730. The monoisotopic (exact) mass is 295 g/mol. The fourth-order valence-electron chi connectivity index (χ4n) is 2.82. The number of aliphatic carboxylic acids is 1. The van der Waals surface area contributed by atoms with Crippen molar-refractivity contribution in [1.29, 1.82) is 0 Å². The molecule has 2 atom stereocenters. The molecule has 0 spiro atoms. The third-order valence-corrected chi connectivity index (χ3v) is 4.34. The second-order valence-electron chi connectivity index (χ2n) is 5.72. The fraction of sp³-hybridized carbons (Fsp3) is 0.588. The topological polar surface area (TPSA) is 63.3 Å². The zero-order valence-corrected chi connectivity index (χ0v) is 12.9. The number of nitrogens with two attached hydrogens (primary N) is 1. The van der Waals surface area contributed by atoms with Crippen LogP contribution in [0.4, 0.5) is 4.39 Å². The zero-order valence-electron chi connectivity index (χ0n) is 12.9. The van der Waals surface area contributed by atoms with Crippen LogP contribution in [0.5, 0.6) is 0 Å². The molecule has 0 radical (unpaired) electrons. The Morgan fingerprint density at radius 3 is 2.38 bits per heavy atom. The van der Waals surface area contributed by atoms with Crippen molar-refractivity contribution >= 4 is 5.97 Å². The van der Waals surface area contributed by atoms with Crippen molar-refractivity contribution in [1.82, 2.24) is 0 Å². The third-order valence-electron chi connectivity index (χ3n) is 4.34. The summed E-state index contributed by atoms with van der Waals surface area (Å²) >= 11 is 0. The Bertz CT molecular complexity index is 447. The Morgan fingerprint density at radius 1 is 1.33 bits per heavy atom. The molecule has 0 bridgehead atoms. The van der Waals surface area contributed by atoms with Gasteiger partial charge >= 0.3 is 5.97 Å². The van der Waals surface area contributed by atoms with Crippen molar-refractivity contribution in [3.63, 3.8) is 0 Å². The predicted molar refractivity (Wildman–Crippen MR) is 82.7 cm³/mol. The van der Waals surface area contributed by atoms with Gasteiger partial charge in [-0.3, -0.25) is 4.79 Å². The summed E-state index contributed by atoms with van der Waals surface area (Å²) in [5, 5.41) is 9.74. The summed E-state index contributed by atoms with van der Waals surface area (Å²) in [7, 11) is 0. The average Bonchev–Trinajstić information content (AvgIpc) is 2.49. The van der Waals surface area contributed by atoms with Crippen LogP contribution in [0.25, 0.3) is 0 Å². The van der Waals surface area contributed by atoms with Crippen LogP contribution in [0.15, 0.2) is 24.3 Å². The van der Waals surface area contributed by atoms with Crippen molar-refractivity contribution in [2.75, 3.05) is 6.54 Å². The number of benzene rings is 1. The lowest BCUT2D eigenvalue weighted by atomic mass is 9.72. The van der Waals surface area contributed by atoms with Gasteiger partial charge in [-0.05, 0) is 30.0 Å². The average molecular weight is 295 g/mol. The predicted octanol–water partition coefficient (Wildman–Crippen LogP) is 3.71. The van der Waals surface area contributed by atoms with E-state index < -0.39 is 11.4 Å². The number of unbranched alkanes of at least 4 members (excludes halogenated alkanes) is 1. The number of carbonyl (C=O) groups is 1. The van der Waals surface area contributed by atoms with Crippen molar-refractivity contribution in [3.8, 4) is 0 Å². The first-order valence-electron chi connectivity index (χ1n) is 7.69. The van der Waals surface area contributed by atoms with Crippen LogP contribution >= 0.6 is 0 Å². The molecule has 4 heteroatoms. The summed E-state index contributed by atoms with van der Waals surface area (Å²) in [5.74, 6) is -0.978. The van der Waals surface area contributed by atoms with Crippen LogP contribution in [0.1, 0.15) is 51.5 Å². The van der Waals surface area contributed by atoms with Gasteiger partial charge in [-0.25, -0.2) is 4.39 Å². The lowest BCUT2D eigenvalue weighted by Gasteiger charge is -2.32. The molecule has 0 heterocycles. The van der Waals surface area contributed by atoms with Gasteiger partial charge in [0, 0.05) is 6.54 Å². The van der Waals surface area contributed by atoms with Gasteiger partial charge in [-0.1, -0.05) is 51.7 Å². The molecule has 21 heavy (non-hydrogen) atoms. The van der Waals surface area contributed by atoms with Gasteiger partial charge < -0.3 is 10.8 Å². The fourth-order valence-corrected chi connectivity index (χ4v) is 2.82. The minimum absolute atomic E-state index is 0.0244. The maximum absolute atomic E-state index is 13.1. The highest BCUT2D eigenvalue weighted by molar-refractivity contribution is 5.81. The first-order chi connectivity index (χ1) is 10.00. The first-order valence-corrected chi connectivity index (χ1v) is 7.69. The molecule has 3 nitrogen and oxygen atoms in total. The summed E-state index contributed by atoms with van der Waals surface area (Å²) in [6.45, 7) is 4.23. The Kier molecular flexibility index (Phi) is 6.82. The SMILES string of the molecule is CCCCC(CC)CC(CN)(C(=O)O)c1ccc(F)cc1. The molecule has 0 saturated carbocycles. The van der Waals surface area contributed by atoms with E-state index in [2.05, 4.69) is 13.8 Å². The molecule has 0 amide bonds. The van der Waals surface area contributed by atoms with Crippen LogP contribution in [0.2, 0.25) is 0 Å². The van der Waals surface area contributed by atoms with Gasteiger partial charge in [0.2, 0.25) is 0 Å². The summed E-state index contributed by atoms with van der Waals surface area (Å²) in [5.41, 5.74) is 5.30. The van der Waals surface area contributed by atoms with Crippen LogP contribution in [0, 0.1) is 11.7 Å². The lowest BCUT2D eigenvalue weighted by molar-refractivity contribution is -0.144. The van der Waals surface area contributed by atoms with Gasteiger partial charge in [0.05, 0.1) is 0 Å². The zero-order chi connectivity index (χ0) is 15.9. The normalized spacial score (nSPS) is 15.4. The smallest absolute Gasteiger partial charge is 0.315 e. The van der Waals surface area contributed by atoms with Gasteiger partial charge in [0.15, 0.2) is 0 Å². The van der Waals surface area contributed by atoms with E-state index in [1.54, 1.807) is 12.1 Å². The number of hydrogen-bond acceptors (Lipinski definition) is 2. The second kappa shape index (κ2) is 8.13. The van der Waals surface area contributed by atoms with Crippen LogP contribution < -0.4 is 5.73 Å². The van der Waals surface area contributed by atoms with E-state index in [0.29, 0.717) is 17.9 Å². The van der Waals surface area contributed by atoms with Gasteiger partial charge in [0.25, 0.3) is 0 Å². The summed E-state index contributed by atoms with van der Waals surface area (Å²) < 4.78 is 13.1. The first kappa shape index (κ1) is 17.6. The Labute approximate surface area is 126 Å². The Morgan fingerprint density at radius 2 is 1.95 bits per heavy atom. The number of carboxylic acid groups (broad SMARTS) is 1. The van der Waals surface area contributed by atoms with Crippen LogP contribution in [0.3, 0.4) is 0 Å². The van der Waals surface area contributed by atoms with E-state index >= 15 is 0 Å². The lowest BCUT2D eigenvalue weighted by Crippen LogP contribution is -2.44. The molecular weight excluding hydrogens is 269 g/mol. The summed E-state index contributed by atoms with van der Waals surface area (Å²) in [6.07, 6.45) is 4.61. The number of carboxylic acids is 1. The highest BCUT2D eigenvalue weighted by Gasteiger charge is 2.40. The standard InChI is InChI=1S/C17H26FNO2/c1-3-5-6-13(4-2)11-17(12-19,16(20)21)14-7-9-15(18)10-8-14/h7-10,13H,3-6,11-12,19H2,1-2H3,(H,20,21). The number of rotatable bonds is 9. The molecule has 3 N–H and O–H groups in total. The van der Waals surface area contributed by atoms with Crippen molar-refractivity contribution in [3.05, 3.63) is 35.6 Å². The van der Waals surface area contributed by atoms with E-state index in [9.17, 15) is 14.3 Å². The molecule has 0 aliphatic heterocycles. The van der Waals surface area contributed by atoms with E-state index in [4.69, 9.17) is 5.73 Å². The summed E-state index contributed by atoms with van der Waals surface area (Å²) in [4.78, 5) is 11.9. The van der Waals surface area contributed by atoms with Gasteiger partial charge in [0.1, 0.15) is 11.2 Å². The molecule has 0 aromatic heterocycles. The highest BCUT2D eigenvalue weighted by Crippen LogP contribution is 2.34. The molecule has 1 aromatic rings. The van der Waals surface area contributed by atoms with E-state index in [0.717, 1.165) is 25.7 Å². The van der Waals surface area contributed by atoms with E-state index in [1.807, 2.05) is 0 Å². The van der Waals surface area contributed by atoms with Gasteiger partial charge in [-0.2, -0.15) is 0 Å². The molecule has 2 unspecified atom stereocenters. The van der Waals surface area contributed by atoms with Crippen LogP contribution in [-0.4, -0.2) is 17.6 Å². The van der Waals surface area contributed by atoms with Gasteiger partial charge in [-0.15, -0.1) is 0 Å². The molecule has 0 aliphatic rings. The van der Waals surface area contributed by atoms with E-state index in [-0.39, 0.29) is 12.4 Å². The third kappa shape index (κ3) is 4.27. The van der Waals surface area contributed by atoms with Crippen molar-refractivity contribution in [2.24, 2.45) is 11.7 Å². The molecule has 0 saturated heterocycles. The molecule has 0 fully saturated rings. The molecule has 118 valence electrons. The minimum Gasteiger partial charge on any atom is -0.481 e. The molecular formula is C17H26FNO2. The largest absolute Gasteiger partial charge is 0.481 e. The van der Waals surface area contributed by atoms with Crippen molar-refractivity contribution < 1.29 is 14.3 Å². The van der Waals surface area contributed by atoms with Crippen LogP contribution in [-0.2, 0) is 10.2 Å². The van der Waals surface area contributed by atoms with Crippen molar-refractivity contribution in [2.45, 2.75) is 51.4 Å². The summed E-state index contributed by atoms with van der Waals surface area (Å²) in [6, 6.07) is 5.69. The molecule has 0 aliphatic carbocycles.